The molecule has 0 spiro atoms. The summed E-state index contributed by atoms with van der Waals surface area (Å²) in [6, 6.07) is 0. The van der Waals surface area contributed by atoms with Crippen LogP contribution < -0.4 is 0 Å². The van der Waals surface area contributed by atoms with E-state index in [0.29, 0.717) is 5.06 Å². The molecule has 0 atom stereocenters. The molecule has 1 aliphatic heterocycles. The highest BCUT2D eigenvalue weighted by Crippen LogP contribution is 2.11. The van der Waals surface area contributed by atoms with Gasteiger partial charge in [0, 0.05) is 12.8 Å². The van der Waals surface area contributed by atoms with Gasteiger partial charge in [-0.2, -0.15) is 0 Å². The normalized spacial score (nSPS) is 16.3. The third-order valence-corrected chi connectivity index (χ3v) is 1.73. The van der Waals surface area contributed by atoms with Gasteiger partial charge in [-0.15, -0.1) is 5.06 Å². The minimum Gasteiger partial charge on any atom is -0.367 e. The molecule has 0 aliphatic carbocycles. The SMILES string of the molecule is CC(C)OCC(=O)ON1C(=O)CCC1=O. The van der Waals surface area contributed by atoms with E-state index in [1.807, 2.05) is 0 Å². The smallest absolute Gasteiger partial charge is 0.358 e. The van der Waals surface area contributed by atoms with Crippen molar-refractivity contribution in [3.63, 3.8) is 0 Å². The van der Waals surface area contributed by atoms with E-state index in [1.54, 1.807) is 13.8 Å². The predicted molar refractivity (Wildman–Crippen MR) is 48.3 cm³/mol. The van der Waals surface area contributed by atoms with E-state index in [-0.39, 0.29) is 25.6 Å². The number of nitrogens with zero attached hydrogens (tertiary/aromatic N) is 1. The lowest BCUT2D eigenvalue weighted by Crippen LogP contribution is -2.33. The Morgan fingerprint density at radius 3 is 2.33 bits per heavy atom. The van der Waals surface area contributed by atoms with E-state index >= 15 is 0 Å². The van der Waals surface area contributed by atoms with Crippen LogP contribution in [0.25, 0.3) is 0 Å². The monoisotopic (exact) mass is 215 g/mol. The second-order valence-electron chi connectivity index (χ2n) is 3.40. The van der Waals surface area contributed by atoms with E-state index in [2.05, 4.69) is 4.84 Å². The standard InChI is InChI=1S/C9H13NO5/c1-6(2)14-5-9(13)15-10-7(11)3-4-8(10)12/h6H,3-5H2,1-2H3. The average Bonchev–Trinajstić information content (AvgIpc) is 2.46. The topological polar surface area (TPSA) is 72.9 Å². The fraction of sp³-hybridized carbons (Fsp3) is 0.667. The molecule has 0 aromatic heterocycles. The zero-order valence-corrected chi connectivity index (χ0v) is 8.69. The molecule has 1 rings (SSSR count). The highest BCUT2D eigenvalue weighted by molar-refractivity contribution is 6.01. The molecule has 15 heavy (non-hydrogen) atoms. The molecular formula is C9H13NO5. The van der Waals surface area contributed by atoms with Crippen LogP contribution >= 0.6 is 0 Å². The first-order valence-corrected chi connectivity index (χ1v) is 4.69. The van der Waals surface area contributed by atoms with Crippen molar-refractivity contribution in [2.45, 2.75) is 32.8 Å². The molecule has 0 aromatic rings. The number of hydroxylamine groups is 2. The lowest BCUT2D eigenvalue weighted by atomic mass is 10.4. The maximum Gasteiger partial charge on any atom is 0.358 e. The molecule has 0 saturated carbocycles. The minimum atomic E-state index is -0.743. The Morgan fingerprint density at radius 1 is 1.33 bits per heavy atom. The Hall–Kier alpha value is -1.43. The predicted octanol–water partition coefficient (Wildman–Crippen LogP) is 0.0186. The Kier molecular flexibility index (Phi) is 3.79. The first-order valence-electron chi connectivity index (χ1n) is 4.69. The number of amides is 2. The Morgan fingerprint density at radius 2 is 1.87 bits per heavy atom. The van der Waals surface area contributed by atoms with Crippen molar-refractivity contribution in [3.05, 3.63) is 0 Å². The second-order valence-corrected chi connectivity index (χ2v) is 3.40. The second kappa shape index (κ2) is 4.88. The molecule has 0 bridgehead atoms. The van der Waals surface area contributed by atoms with Crippen LogP contribution in [0.3, 0.4) is 0 Å². The highest BCUT2D eigenvalue weighted by atomic mass is 16.7. The molecule has 0 aromatic carbocycles. The van der Waals surface area contributed by atoms with Crippen molar-refractivity contribution in [1.29, 1.82) is 0 Å². The quantitative estimate of drug-likeness (QED) is 0.618. The summed E-state index contributed by atoms with van der Waals surface area (Å²) in [7, 11) is 0. The van der Waals surface area contributed by atoms with Crippen LogP contribution in [0.4, 0.5) is 0 Å². The van der Waals surface area contributed by atoms with Gasteiger partial charge >= 0.3 is 5.97 Å². The van der Waals surface area contributed by atoms with Gasteiger partial charge in [0.05, 0.1) is 6.10 Å². The fourth-order valence-corrected chi connectivity index (χ4v) is 1.02. The number of ether oxygens (including phenoxy) is 1. The molecule has 1 saturated heterocycles. The van der Waals surface area contributed by atoms with E-state index in [9.17, 15) is 14.4 Å². The van der Waals surface area contributed by atoms with Crippen LogP contribution in [0.15, 0.2) is 0 Å². The number of imide groups is 1. The molecule has 0 unspecified atom stereocenters. The third kappa shape index (κ3) is 3.32. The summed E-state index contributed by atoms with van der Waals surface area (Å²) >= 11 is 0. The molecule has 2 amide bonds. The van der Waals surface area contributed by atoms with Crippen LogP contribution in [0, 0.1) is 0 Å². The van der Waals surface area contributed by atoms with Gasteiger partial charge < -0.3 is 9.57 Å². The summed E-state index contributed by atoms with van der Waals surface area (Å²) in [5.74, 6) is -1.72. The maximum atomic E-state index is 11.1. The van der Waals surface area contributed by atoms with Gasteiger partial charge in [0.1, 0.15) is 6.61 Å². The van der Waals surface area contributed by atoms with Gasteiger partial charge in [0.2, 0.25) is 0 Å². The molecule has 1 fully saturated rings. The lowest BCUT2D eigenvalue weighted by Gasteiger charge is -2.13. The molecule has 6 heteroatoms. The van der Waals surface area contributed by atoms with Gasteiger partial charge in [-0.1, -0.05) is 0 Å². The number of carbonyl (C=O) groups excluding carboxylic acids is 3. The van der Waals surface area contributed by atoms with E-state index in [0.717, 1.165) is 0 Å². The van der Waals surface area contributed by atoms with Gasteiger partial charge in [-0.25, -0.2) is 4.79 Å². The fourth-order valence-electron chi connectivity index (χ4n) is 1.02. The van der Waals surface area contributed by atoms with E-state index in [1.165, 1.54) is 0 Å². The summed E-state index contributed by atoms with van der Waals surface area (Å²) in [5.41, 5.74) is 0. The maximum absolute atomic E-state index is 11.1. The molecule has 0 radical (unpaired) electrons. The van der Waals surface area contributed by atoms with Crippen molar-refractivity contribution in [2.75, 3.05) is 6.61 Å². The first kappa shape index (κ1) is 11.6. The van der Waals surface area contributed by atoms with Gasteiger partial charge in [0.25, 0.3) is 11.8 Å². The summed E-state index contributed by atoms with van der Waals surface area (Å²) in [6.07, 6.45) is 0.0800. The molecule has 1 aliphatic rings. The van der Waals surface area contributed by atoms with Crippen molar-refractivity contribution < 1.29 is 24.0 Å². The number of carbonyl (C=O) groups is 3. The molecule has 6 nitrogen and oxygen atoms in total. The van der Waals surface area contributed by atoms with Crippen LogP contribution in [0.2, 0.25) is 0 Å². The van der Waals surface area contributed by atoms with Crippen LogP contribution in [0.5, 0.6) is 0 Å². The van der Waals surface area contributed by atoms with Gasteiger partial charge in [0.15, 0.2) is 0 Å². The van der Waals surface area contributed by atoms with Crippen molar-refractivity contribution in [2.24, 2.45) is 0 Å². The van der Waals surface area contributed by atoms with Crippen LogP contribution in [-0.2, 0) is 24.0 Å². The van der Waals surface area contributed by atoms with Gasteiger partial charge in [-0.05, 0) is 13.8 Å². The zero-order chi connectivity index (χ0) is 11.4. The van der Waals surface area contributed by atoms with Crippen LogP contribution in [0.1, 0.15) is 26.7 Å². The number of rotatable bonds is 4. The summed E-state index contributed by atoms with van der Waals surface area (Å²) in [6.45, 7) is 3.26. The Bertz CT molecular complexity index is 270. The summed E-state index contributed by atoms with van der Waals surface area (Å²) in [5, 5.41) is 0.506. The van der Waals surface area contributed by atoms with E-state index in [4.69, 9.17) is 4.74 Å². The Labute approximate surface area is 87.1 Å². The van der Waals surface area contributed by atoms with Crippen LogP contribution in [-0.4, -0.2) is 35.6 Å². The molecule has 1 heterocycles. The number of hydrogen-bond acceptors (Lipinski definition) is 5. The molecular weight excluding hydrogens is 202 g/mol. The highest BCUT2D eigenvalue weighted by Gasteiger charge is 2.32. The average molecular weight is 215 g/mol. The third-order valence-electron chi connectivity index (χ3n) is 1.73. The lowest BCUT2D eigenvalue weighted by molar-refractivity contribution is -0.201. The Balaban J connectivity index is 2.37. The first-order chi connectivity index (χ1) is 7.00. The summed E-state index contributed by atoms with van der Waals surface area (Å²) < 4.78 is 4.96. The van der Waals surface area contributed by atoms with Crippen molar-refractivity contribution >= 4 is 17.8 Å². The minimum absolute atomic E-state index is 0.0944. The number of hydrogen-bond donors (Lipinski definition) is 0. The van der Waals surface area contributed by atoms with E-state index < -0.39 is 17.8 Å². The molecule has 0 N–H and O–H groups in total. The largest absolute Gasteiger partial charge is 0.367 e. The van der Waals surface area contributed by atoms with Crippen molar-refractivity contribution in [1.82, 2.24) is 5.06 Å². The zero-order valence-electron chi connectivity index (χ0n) is 8.69. The van der Waals surface area contributed by atoms with Crippen molar-refractivity contribution in [3.8, 4) is 0 Å². The molecule has 84 valence electrons. The van der Waals surface area contributed by atoms with Gasteiger partial charge in [-0.3, -0.25) is 9.59 Å². The summed E-state index contributed by atoms with van der Waals surface area (Å²) in [4.78, 5) is 37.7.